The fraction of sp³-hybridized carbons (Fsp3) is 1.00. The predicted octanol–water partition coefficient (Wildman–Crippen LogP) is 1.27. The molecule has 1 aliphatic carbocycles. The van der Waals surface area contributed by atoms with Gasteiger partial charge in [0.15, 0.2) is 0 Å². The zero-order chi connectivity index (χ0) is 9.30. The zero-order valence-electron chi connectivity index (χ0n) is 8.00. The van der Waals surface area contributed by atoms with Crippen molar-refractivity contribution in [1.29, 1.82) is 0 Å². The summed E-state index contributed by atoms with van der Waals surface area (Å²) < 4.78 is 0.438. The quantitative estimate of drug-likeness (QED) is 0.563. The molecule has 0 radical (unpaired) electrons. The Kier molecular flexibility index (Phi) is 3.79. The molecule has 2 N–H and O–H groups in total. The molecular formula is C9H19IO2. The van der Waals surface area contributed by atoms with Gasteiger partial charge in [0.25, 0.3) is 0 Å². The van der Waals surface area contributed by atoms with Gasteiger partial charge in [-0.1, -0.05) is 0 Å². The molecule has 0 saturated heterocycles. The Hall–Kier alpha value is 0.650. The summed E-state index contributed by atoms with van der Waals surface area (Å²) in [6.07, 6.45) is 1.01. The van der Waals surface area contributed by atoms with Crippen molar-refractivity contribution in [2.75, 3.05) is 9.86 Å². The number of halogens is 1. The van der Waals surface area contributed by atoms with Gasteiger partial charge in [0.2, 0.25) is 0 Å². The van der Waals surface area contributed by atoms with Crippen LogP contribution in [-0.4, -0.2) is 36.2 Å². The second kappa shape index (κ2) is 4.24. The van der Waals surface area contributed by atoms with E-state index >= 15 is 0 Å². The summed E-state index contributed by atoms with van der Waals surface area (Å²) in [5, 5.41) is 19.3. The molecular weight excluding hydrogens is 267 g/mol. The zero-order valence-corrected chi connectivity index (χ0v) is 10.2. The Labute approximate surface area is 81.8 Å². The second-order valence-corrected chi connectivity index (χ2v) is 10.2. The first kappa shape index (κ1) is 10.7. The summed E-state index contributed by atoms with van der Waals surface area (Å²) in [5.74, 6) is 0.591. The van der Waals surface area contributed by atoms with Gasteiger partial charge in [0, 0.05) is 0 Å². The molecule has 1 rings (SSSR count). The van der Waals surface area contributed by atoms with Crippen molar-refractivity contribution in [2.24, 2.45) is 5.92 Å². The van der Waals surface area contributed by atoms with E-state index in [9.17, 15) is 10.2 Å². The van der Waals surface area contributed by atoms with E-state index < -0.39 is 32.0 Å². The monoisotopic (exact) mass is 286 g/mol. The molecule has 0 bridgehead atoms. The Morgan fingerprint density at radius 1 is 1.17 bits per heavy atom. The number of hydrogen-bond donors (Lipinski definition) is 2. The van der Waals surface area contributed by atoms with Crippen LogP contribution in [0.15, 0.2) is 0 Å². The molecule has 1 aliphatic rings. The van der Waals surface area contributed by atoms with Crippen LogP contribution in [0.1, 0.15) is 19.8 Å². The standard InChI is InChI=1S/C9H19IO2/c1-6-4-7(10(2)3)9(12)8(11)5-6/h6-9,11-12H,4-5H2,1-3H3. The predicted molar refractivity (Wildman–Crippen MR) is 60.1 cm³/mol. The molecule has 0 aliphatic heterocycles. The first-order valence-electron chi connectivity index (χ1n) is 4.37. The Morgan fingerprint density at radius 2 is 1.75 bits per heavy atom. The van der Waals surface area contributed by atoms with E-state index in [0.29, 0.717) is 9.84 Å². The van der Waals surface area contributed by atoms with E-state index in [1.807, 2.05) is 0 Å². The number of aliphatic hydroxyl groups is 2. The normalized spacial score (nSPS) is 44.2. The molecule has 4 unspecified atom stereocenters. The van der Waals surface area contributed by atoms with Crippen LogP contribution in [0, 0.1) is 5.92 Å². The molecule has 74 valence electrons. The molecule has 4 atom stereocenters. The first-order valence-corrected chi connectivity index (χ1v) is 9.93. The third-order valence-corrected chi connectivity index (χ3v) is 7.04. The van der Waals surface area contributed by atoms with Crippen LogP contribution in [0.5, 0.6) is 0 Å². The summed E-state index contributed by atoms with van der Waals surface area (Å²) in [6, 6.07) is 0. The van der Waals surface area contributed by atoms with Crippen LogP contribution in [0.4, 0.5) is 0 Å². The van der Waals surface area contributed by atoms with E-state index in [1.54, 1.807) is 0 Å². The van der Waals surface area contributed by atoms with Gasteiger partial charge < -0.3 is 0 Å². The number of rotatable bonds is 1. The average molecular weight is 286 g/mol. The van der Waals surface area contributed by atoms with Crippen LogP contribution in [0.25, 0.3) is 0 Å². The van der Waals surface area contributed by atoms with Gasteiger partial charge >= 0.3 is 81.7 Å². The van der Waals surface area contributed by atoms with Crippen molar-refractivity contribution in [3.05, 3.63) is 0 Å². The molecule has 1 saturated carbocycles. The fourth-order valence-electron chi connectivity index (χ4n) is 1.85. The van der Waals surface area contributed by atoms with Crippen LogP contribution in [0.3, 0.4) is 0 Å². The number of aliphatic hydroxyl groups excluding tert-OH is 2. The van der Waals surface area contributed by atoms with Crippen molar-refractivity contribution in [3.63, 3.8) is 0 Å². The van der Waals surface area contributed by atoms with Crippen molar-refractivity contribution in [3.8, 4) is 0 Å². The SMILES string of the molecule is CC1CC(O)C(O)C(I(C)C)C1. The van der Waals surface area contributed by atoms with E-state index in [1.165, 1.54) is 0 Å². The molecule has 0 aromatic carbocycles. The maximum absolute atomic E-state index is 9.71. The molecule has 0 aromatic rings. The van der Waals surface area contributed by atoms with Crippen LogP contribution in [-0.2, 0) is 0 Å². The van der Waals surface area contributed by atoms with Gasteiger partial charge in [0.1, 0.15) is 0 Å². The van der Waals surface area contributed by atoms with Gasteiger partial charge in [-0.25, -0.2) is 0 Å². The minimum absolute atomic E-state index is 0.429. The van der Waals surface area contributed by atoms with Crippen LogP contribution in [0.2, 0.25) is 0 Å². The van der Waals surface area contributed by atoms with Crippen LogP contribution >= 0.6 is 19.8 Å². The summed E-state index contributed by atoms with van der Waals surface area (Å²) in [5.41, 5.74) is 0. The Morgan fingerprint density at radius 3 is 2.25 bits per heavy atom. The molecule has 3 heteroatoms. The molecule has 1 fully saturated rings. The van der Waals surface area contributed by atoms with Crippen molar-refractivity contribution >= 4 is 19.8 Å². The van der Waals surface area contributed by atoms with Crippen molar-refractivity contribution in [2.45, 2.75) is 35.9 Å². The third-order valence-electron chi connectivity index (χ3n) is 2.60. The second-order valence-electron chi connectivity index (χ2n) is 3.96. The van der Waals surface area contributed by atoms with Crippen molar-refractivity contribution in [1.82, 2.24) is 0 Å². The van der Waals surface area contributed by atoms with E-state index in [0.717, 1.165) is 12.8 Å². The molecule has 0 amide bonds. The van der Waals surface area contributed by atoms with E-state index in [-0.39, 0.29) is 0 Å². The molecule has 0 heterocycles. The topological polar surface area (TPSA) is 40.5 Å². The van der Waals surface area contributed by atoms with Crippen LogP contribution < -0.4 is 0 Å². The number of hydrogen-bond acceptors (Lipinski definition) is 2. The first-order chi connectivity index (χ1) is 5.52. The summed E-state index contributed by atoms with van der Waals surface area (Å²) in [4.78, 5) is 4.53. The Bertz CT molecular complexity index is 149. The van der Waals surface area contributed by atoms with Gasteiger partial charge in [-0.2, -0.15) is 0 Å². The van der Waals surface area contributed by atoms with Gasteiger partial charge in [-0.3, -0.25) is 0 Å². The fourth-order valence-corrected chi connectivity index (χ4v) is 5.69. The molecule has 0 aromatic heterocycles. The molecule has 12 heavy (non-hydrogen) atoms. The molecule has 2 nitrogen and oxygen atoms in total. The maximum atomic E-state index is 9.71. The molecule has 0 spiro atoms. The Balaban J connectivity index is 2.60. The average Bonchev–Trinajstić information content (AvgIpc) is 1.96. The van der Waals surface area contributed by atoms with Gasteiger partial charge in [0.05, 0.1) is 0 Å². The van der Waals surface area contributed by atoms with Gasteiger partial charge in [-0.05, 0) is 0 Å². The van der Waals surface area contributed by atoms with E-state index in [4.69, 9.17) is 0 Å². The third kappa shape index (κ3) is 2.33. The summed E-state index contributed by atoms with van der Waals surface area (Å²) in [6.45, 7) is 2.17. The minimum atomic E-state index is -0.959. The summed E-state index contributed by atoms with van der Waals surface area (Å²) in [7, 11) is 0. The summed E-state index contributed by atoms with van der Waals surface area (Å²) >= 11 is -0.959. The van der Waals surface area contributed by atoms with Crippen molar-refractivity contribution < 1.29 is 10.2 Å². The van der Waals surface area contributed by atoms with E-state index in [2.05, 4.69) is 16.8 Å². The number of alkyl halides is 3. The van der Waals surface area contributed by atoms with Gasteiger partial charge in [-0.15, -0.1) is 0 Å².